The number of hydrogen-bond acceptors (Lipinski definition) is 5. The Bertz CT molecular complexity index is 421. The summed E-state index contributed by atoms with van der Waals surface area (Å²) >= 11 is 0. The fourth-order valence-corrected chi connectivity index (χ4v) is 2.88. The van der Waals surface area contributed by atoms with Crippen LogP contribution in [0.25, 0.3) is 0 Å². The number of methoxy groups -OCH3 is 1. The first-order valence-electron chi connectivity index (χ1n) is 6.86. The Morgan fingerprint density at radius 3 is 2.53 bits per heavy atom. The first kappa shape index (κ1) is 14.4. The van der Waals surface area contributed by atoms with Crippen molar-refractivity contribution in [1.29, 1.82) is 0 Å². The molecule has 1 saturated heterocycles. The van der Waals surface area contributed by atoms with E-state index in [1.165, 1.54) is 0 Å². The van der Waals surface area contributed by atoms with Gasteiger partial charge >= 0.3 is 0 Å². The molecule has 1 aliphatic heterocycles. The van der Waals surface area contributed by atoms with E-state index in [2.05, 4.69) is 35.5 Å². The summed E-state index contributed by atoms with van der Waals surface area (Å²) in [6.07, 6.45) is 0.398. The number of nitrogens with two attached hydrogens (primary N) is 1. The van der Waals surface area contributed by atoms with Gasteiger partial charge in [0.15, 0.2) is 0 Å². The van der Waals surface area contributed by atoms with Crippen molar-refractivity contribution in [3.05, 3.63) is 11.6 Å². The summed E-state index contributed by atoms with van der Waals surface area (Å²) in [5.74, 6) is 2.47. The van der Waals surface area contributed by atoms with Gasteiger partial charge in [-0.15, -0.1) is 10.2 Å². The molecule has 6 heteroatoms. The van der Waals surface area contributed by atoms with Gasteiger partial charge in [0.25, 0.3) is 0 Å². The van der Waals surface area contributed by atoms with Crippen molar-refractivity contribution in [3.63, 3.8) is 0 Å². The van der Waals surface area contributed by atoms with Crippen LogP contribution in [0, 0.1) is 5.92 Å². The van der Waals surface area contributed by atoms with Crippen LogP contribution in [0.15, 0.2) is 0 Å². The Labute approximate surface area is 114 Å². The average molecular weight is 268 g/mol. The predicted molar refractivity (Wildman–Crippen MR) is 71.7 cm³/mol. The number of ether oxygens (including phenoxy) is 2. The van der Waals surface area contributed by atoms with Crippen LogP contribution in [0.4, 0.5) is 0 Å². The predicted octanol–water partition coefficient (Wildman–Crippen LogP) is 0.910. The molecule has 19 heavy (non-hydrogen) atoms. The van der Waals surface area contributed by atoms with Crippen molar-refractivity contribution in [2.75, 3.05) is 13.7 Å². The Balaban J connectivity index is 2.30. The van der Waals surface area contributed by atoms with E-state index in [9.17, 15) is 0 Å². The van der Waals surface area contributed by atoms with E-state index in [4.69, 9.17) is 15.2 Å². The lowest BCUT2D eigenvalue weighted by atomic mass is 9.89. The van der Waals surface area contributed by atoms with Crippen LogP contribution >= 0.6 is 0 Å². The SMILES string of the molecule is COCCn1c(CN)nnc1C1C(C)OC(C)C1C. The molecule has 2 rings (SSSR count). The standard InChI is InChI=1S/C13H24N4O2/c1-8-9(2)19-10(3)12(8)13-16-15-11(7-14)17(13)5-6-18-4/h8-10,12H,5-7,14H2,1-4H3. The summed E-state index contributed by atoms with van der Waals surface area (Å²) in [5.41, 5.74) is 5.74. The topological polar surface area (TPSA) is 75.2 Å². The summed E-state index contributed by atoms with van der Waals surface area (Å²) < 4.78 is 13.1. The summed E-state index contributed by atoms with van der Waals surface area (Å²) in [4.78, 5) is 0. The van der Waals surface area contributed by atoms with Crippen LogP contribution < -0.4 is 5.73 Å². The van der Waals surface area contributed by atoms with E-state index < -0.39 is 0 Å². The molecule has 0 aliphatic carbocycles. The van der Waals surface area contributed by atoms with E-state index in [0.717, 1.165) is 18.2 Å². The molecule has 2 heterocycles. The van der Waals surface area contributed by atoms with Crippen molar-refractivity contribution < 1.29 is 9.47 Å². The molecule has 4 unspecified atom stereocenters. The van der Waals surface area contributed by atoms with Crippen LogP contribution in [-0.4, -0.2) is 40.7 Å². The van der Waals surface area contributed by atoms with E-state index in [1.807, 2.05) is 0 Å². The van der Waals surface area contributed by atoms with E-state index >= 15 is 0 Å². The maximum absolute atomic E-state index is 5.90. The summed E-state index contributed by atoms with van der Waals surface area (Å²) in [6.45, 7) is 8.17. The lowest BCUT2D eigenvalue weighted by molar-refractivity contribution is 0.0551. The molecule has 0 aromatic carbocycles. The number of nitrogens with zero attached hydrogens (tertiary/aromatic N) is 3. The minimum atomic E-state index is 0.154. The van der Waals surface area contributed by atoms with Crippen LogP contribution in [0.5, 0.6) is 0 Å². The largest absolute Gasteiger partial charge is 0.383 e. The molecule has 0 bridgehead atoms. The van der Waals surface area contributed by atoms with Crippen molar-refractivity contribution in [2.45, 2.75) is 52.0 Å². The molecule has 1 fully saturated rings. The van der Waals surface area contributed by atoms with Crippen LogP contribution in [0.2, 0.25) is 0 Å². The molecule has 0 spiro atoms. The third kappa shape index (κ3) is 2.66. The second kappa shape index (κ2) is 5.98. The lowest BCUT2D eigenvalue weighted by Crippen LogP contribution is -2.22. The highest BCUT2D eigenvalue weighted by Crippen LogP contribution is 2.39. The highest BCUT2D eigenvalue weighted by atomic mass is 16.5. The van der Waals surface area contributed by atoms with Gasteiger partial charge in [-0.2, -0.15) is 0 Å². The van der Waals surface area contributed by atoms with Crippen molar-refractivity contribution in [1.82, 2.24) is 14.8 Å². The average Bonchev–Trinajstić information content (AvgIpc) is 2.89. The van der Waals surface area contributed by atoms with Gasteiger partial charge in [-0.05, 0) is 19.8 Å². The molecule has 1 aromatic rings. The maximum atomic E-state index is 5.90. The van der Waals surface area contributed by atoms with Gasteiger partial charge in [-0.1, -0.05) is 6.92 Å². The Morgan fingerprint density at radius 1 is 1.26 bits per heavy atom. The van der Waals surface area contributed by atoms with Gasteiger partial charge in [0.2, 0.25) is 0 Å². The molecule has 0 saturated carbocycles. The van der Waals surface area contributed by atoms with Crippen LogP contribution in [0.3, 0.4) is 0 Å². The second-order valence-electron chi connectivity index (χ2n) is 5.25. The van der Waals surface area contributed by atoms with E-state index in [-0.39, 0.29) is 18.1 Å². The molecule has 2 N–H and O–H groups in total. The van der Waals surface area contributed by atoms with E-state index in [1.54, 1.807) is 7.11 Å². The van der Waals surface area contributed by atoms with Gasteiger partial charge in [0.1, 0.15) is 11.6 Å². The summed E-state index contributed by atoms with van der Waals surface area (Å²) in [6, 6.07) is 0. The molecule has 1 aromatic heterocycles. The van der Waals surface area contributed by atoms with Gasteiger partial charge in [0.05, 0.1) is 31.3 Å². The highest BCUT2D eigenvalue weighted by Gasteiger charge is 2.41. The van der Waals surface area contributed by atoms with Crippen molar-refractivity contribution in [2.24, 2.45) is 11.7 Å². The highest BCUT2D eigenvalue weighted by molar-refractivity contribution is 5.09. The third-order valence-electron chi connectivity index (χ3n) is 4.10. The zero-order valence-corrected chi connectivity index (χ0v) is 12.2. The van der Waals surface area contributed by atoms with Gasteiger partial charge in [0, 0.05) is 13.7 Å². The number of hydrogen-bond donors (Lipinski definition) is 1. The summed E-state index contributed by atoms with van der Waals surface area (Å²) in [5, 5.41) is 8.56. The van der Waals surface area contributed by atoms with Crippen LogP contribution in [-0.2, 0) is 22.6 Å². The molecule has 6 nitrogen and oxygen atoms in total. The minimum absolute atomic E-state index is 0.154. The van der Waals surface area contributed by atoms with Crippen LogP contribution in [0.1, 0.15) is 38.3 Å². The van der Waals surface area contributed by atoms with E-state index in [0.29, 0.717) is 19.1 Å². The van der Waals surface area contributed by atoms with Gasteiger partial charge in [-0.25, -0.2) is 0 Å². The number of aromatic nitrogens is 3. The molecular formula is C13H24N4O2. The zero-order valence-electron chi connectivity index (χ0n) is 12.2. The monoisotopic (exact) mass is 268 g/mol. The van der Waals surface area contributed by atoms with Gasteiger partial charge < -0.3 is 19.8 Å². The minimum Gasteiger partial charge on any atom is -0.383 e. The maximum Gasteiger partial charge on any atom is 0.146 e. The van der Waals surface area contributed by atoms with Crippen molar-refractivity contribution in [3.8, 4) is 0 Å². The molecule has 0 radical (unpaired) electrons. The quantitative estimate of drug-likeness (QED) is 0.859. The Kier molecular flexibility index (Phi) is 4.54. The zero-order chi connectivity index (χ0) is 14.0. The van der Waals surface area contributed by atoms with Gasteiger partial charge in [-0.3, -0.25) is 0 Å². The third-order valence-corrected chi connectivity index (χ3v) is 4.10. The second-order valence-corrected chi connectivity index (χ2v) is 5.25. The fraction of sp³-hybridized carbons (Fsp3) is 0.846. The molecular weight excluding hydrogens is 244 g/mol. The molecule has 108 valence electrons. The Hall–Kier alpha value is -0.980. The molecule has 1 aliphatic rings. The normalized spacial score (nSPS) is 31.0. The molecule has 0 amide bonds. The lowest BCUT2D eigenvalue weighted by Gasteiger charge is -2.19. The Morgan fingerprint density at radius 2 is 2.00 bits per heavy atom. The number of rotatable bonds is 5. The summed E-state index contributed by atoms with van der Waals surface area (Å²) in [7, 11) is 1.69. The smallest absolute Gasteiger partial charge is 0.146 e. The van der Waals surface area contributed by atoms with Crippen molar-refractivity contribution >= 4 is 0 Å². The first-order chi connectivity index (χ1) is 9.10. The molecule has 4 atom stereocenters. The first-order valence-corrected chi connectivity index (χ1v) is 6.86. The fourth-order valence-electron chi connectivity index (χ4n) is 2.88.